The van der Waals surface area contributed by atoms with Gasteiger partial charge in [0.05, 0.1) is 35.8 Å². The third-order valence-electron chi connectivity index (χ3n) is 6.73. The normalized spacial score (nSPS) is 16.1. The van der Waals surface area contributed by atoms with Gasteiger partial charge in [-0.1, -0.05) is 72.8 Å². The molecular formula is C29H25N3O3S. The molecule has 7 heteroatoms. The highest BCUT2D eigenvalue weighted by molar-refractivity contribution is 7.80. The summed E-state index contributed by atoms with van der Waals surface area (Å²) >= 11 is -2.37. The maximum Gasteiger partial charge on any atom is 0.262 e. The zero-order chi connectivity index (χ0) is 25.1. The first-order chi connectivity index (χ1) is 17.5. The molecular weight excluding hydrogens is 470 g/mol. The molecule has 0 fully saturated rings. The average molecular weight is 496 g/mol. The molecule has 36 heavy (non-hydrogen) atoms. The molecule has 1 aliphatic carbocycles. The Morgan fingerprint density at radius 3 is 2.53 bits per heavy atom. The lowest BCUT2D eigenvalue weighted by atomic mass is 10.0. The summed E-state index contributed by atoms with van der Waals surface area (Å²) in [7, 11) is 0. The van der Waals surface area contributed by atoms with Crippen molar-refractivity contribution >= 4 is 33.6 Å². The number of anilines is 1. The Kier molecular flexibility index (Phi) is 6.81. The Hall–Kier alpha value is -3.99. The van der Waals surface area contributed by atoms with Crippen LogP contribution in [-0.4, -0.2) is 14.7 Å². The van der Waals surface area contributed by atoms with Gasteiger partial charge in [-0.15, -0.1) is 0 Å². The Balaban J connectivity index is 1.45. The van der Waals surface area contributed by atoms with Crippen LogP contribution in [0.15, 0.2) is 91.0 Å². The third kappa shape index (κ3) is 4.74. The van der Waals surface area contributed by atoms with Crippen LogP contribution in [0.25, 0.3) is 10.8 Å². The predicted molar refractivity (Wildman–Crippen MR) is 141 cm³/mol. The molecule has 4 aromatic carbocycles. The van der Waals surface area contributed by atoms with Crippen LogP contribution in [0.4, 0.5) is 5.69 Å². The Morgan fingerprint density at radius 2 is 1.78 bits per heavy atom. The standard InChI is InChI=1S/C29H25N3O3S/c30-19-23-11-6-12-26-25(23)15-16-27(26)31-29(33)18-28(21-8-2-1-3-9-21)32(36(34)35)24-14-13-20-7-4-5-10-22(20)17-24/h1-14,17,27-28H,15-16,18H2,(H,31,33)(H,34,35). The summed E-state index contributed by atoms with van der Waals surface area (Å²) in [6.45, 7) is 0. The van der Waals surface area contributed by atoms with Gasteiger partial charge in [-0.25, -0.2) is 4.21 Å². The summed E-state index contributed by atoms with van der Waals surface area (Å²) in [5, 5.41) is 14.5. The number of nitrogens with zero attached hydrogens (tertiary/aromatic N) is 2. The molecule has 3 unspecified atom stereocenters. The number of carbonyl (C=O) groups is 1. The summed E-state index contributed by atoms with van der Waals surface area (Å²) in [5.41, 5.74) is 3.92. The summed E-state index contributed by atoms with van der Waals surface area (Å²) < 4.78 is 24.5. The van der Waals surface area contributed by atoms with E-state index in [0.29, 0.717) is 11.3 Å². The van der Waals surface area contributed by atoms with Gasteiger partial charge in [0.15, 0.2) is 0 Å². The SMILES string of the molecule is N#Cc1cccc2c1CCC2NC(=O)CC(c1ccccc1)N(c1ccc2ccccc2c1)S(=O)O. The van der Waals surface area contributed by atoms with Gasteiger partial charge in [-0.05, 0) is 58.5 Å². The Bertz CT molecular complexity index is 1480. The minimum atomic E-state index is -2.37. The lowest BCUT2D eigenvalue weighted by Crippen LogP contribution is -2.36. The number of hydrogen-bond donors (Lipinski definition) is 2. The van der Waals surface area contributed by atoms with E-state index in [1.807, 2.05) is 78.9 Å². The van der Waals surface area contributed by atoms with Gasteiger partial charge in [0, 0.05) is 0 Å². The van der Waals surface area contributed by atoms with E-state index in [4.69, 9.17) is 0 Å². The molecule has 6 nitrogen and oxygen atoms in total. The molecule has 2 N–H and O–H groups in total. The highest BCUT2D eigenvalue weighted by atomic mass is 32.2. The van der Waals surface area contributed by atoms with Crippen molar-refractivity contribution in [1.82, 2.24) is 5.32 Å². The average Bonchev–Trinajstić information content (AvgIpc) is 3.31. The van der Waals surface area contributed by atoms with Gasteiger partial charge >= 0.3 is 0 Å². The van der Waals surface area contributed by atoms with Crippen molar-refractivity contribution in [2.45, 2.75) is 31.3 Å². The first kappa shape index (κ1) is 23.7. The van der Waals surface area contributed by atoms with Gasteiger partial charge in [-0.2, -0.15) is 5.26 Å². The number of nitriles is 1. The fraction of sp³-hybridized carbons (Fsp3) is 0.172. The quantitative estimate of drug-likeness (QED) is 0.327. The number of amides is 1. The largest absolute Gasteiger partial charge is 0.349 e. The van der Waals surface area contributed by atoms with Crippen molar-refractivity contribution in [2.24, 2.45) is 0 Å². The van der Waals surface area contributed by atoms with E-state index >= 15 is 0 Å². The number of fused-ring (bicyclic) bond motifs is 2. The van der Waals surface area contributed by atoms with Crippen molar-refractivity contribution < 1.29 is 13.6 Å². The highest BCUT2D eigenvalue weighted by Gasteiger charge is 2.31. The van der Waals surface area contributed by atoms with Crippen molar-refractivity contribution in [2.75, 3.05) is 4.31 Å². The van der Waals surface area contributed by atoms with Crippen LogP contribution < -0.4 is 9.62 Å². The van der Waals surface area contributed by atoms with Crippen LogP contribution in [0, 0.1) is 11.3 Å². The fourth-order valence-corrected chi connectivity index (χ4v) is 5.75. The summed E-state index contributed by atoms with van der Waals surface area (Å²) in [4.78, 5) is 13.3. The van der Waals surface area contributed by atoms with E-state index in [0.717, 1.165) is 40.3 Å². The highest BCUT2D eigenvalue weighted by Crippen LogP contribution is 2.35. The van der Waals surface area contributed by atoms with Gasteiger partial charge in [0.1, 0.15) is 0 Å². The number of carbonyl (C=O) groups excluding carboxylic acids is 1. The molecule has 0 aromatic heterocycles. The van der Waals surface area contributed by atoms with Gasteiger partial charge in [0.25, 0.3) is 11.3 Å². The predicted octanol–water partition coefficient (Wildman–Crippen LogP) is 5.59. The minimum Gasteiger partial charge on any atom is -0.349 e. The Labute approximate surface area is 212 Å². The van der Waals surface area contributed by atoms with Crippen LogP contribution in [0.1, 0.15) is 47.2 Å². The van der Waals surface area contributed by atoms with E-state index in [2.05, 4.69) is 11.4 Å². The molecule has 3 atom stereocenters. The minimum absolute atomic E-state index is 0.00703. The van der Waals surface area contributed by atoms with Crippen molar-refractivity contribution in [3.8, 4) is 6.07 Å². The maximum atomic E-state index is 13.3. The summed E-state index contributed by atoms with van der Waals surface area (Å²) in [5.74, 6) is -0.222. The molecule has 5 rings (SSSR count). The monoisotopic (exact) mass is 495 g/mol. The first-order valence-electron chi connectivity index (χ1n) is 11.8. The molecule has 0 saturated carbocycles. The van der Waals surface area contributed by atoms with Gasteiger partial charge < -0.3 is 5.32 Å². The van der Waals surface area contributed by atoms with Crippen molar-refractivity contribution in [3.63, 3.8) is 0 Å². The number of benzene rings is 4. The Morgan fingerprint density at radius 1 is 1.03 bits per heavy atom. The maximum absolute atomic E-state index is 13.3. The third-order valence-corrected chi connectivity index (χ3v) is 7.53. The second-order valence-electron chi connectivity index (χ2n) is 8.86. The number of rotatable bonds is 7. The van der Waals surface area contributed by atoms with Crippen LogP contribution >= 0.6 is 0 Å². The lowest BCUT2D eigenvalue weighted by Gasteiger charge is -2.30. The van der Waals surface area contributed by atoms with Crippen molar-refractivity contribution in [1.29, 1.82) is 5.26 Å². The van der Waals surface area contributed by atoms with Crippen LogP contribution in [0.2, 0.25) is 0 Å². The number of nitrogens with one attached hydrogen (secondary N) is 1. The summed E-state index contributed by atoms with van der Waals surface area (Å²) in [6, 6.07) is 29.7. The fourth-order valence-electron chi connectivity index (χ4n) is 5.04. The lowest BCUT2D eigenvalue weighted by molar-refractivity contribution is -0.122. The van der Waals surface area contributed by atoms with Crippen LogP contribution in [0.5, 0.6) is 0 Å². The molecule has 0 saturated heterocycles. The zero-order valence-corrected chi connectivity index (χ0v) is 20.3. The molecule has 1 amide bonds. The van der Waals surface area contributed by atoms with Gasteiger partial charge in [0.2, 0.25) is 5.91 Å². The first-order valence-corrected chi connectivity index (χ1v) is 12.9. The van der Waals surface area contributed by atoms with Crippen LogP contribution in [-0.2, 0) is 22.5 Å². The second kappa shape index (κ2) is 10.3. The molecule has 0 bridgehead atoms. The zero-order valence-electron chi connectivity index (χ0n) is 19.5. The van der Waals surface area contributed by atoms with E-state index in [-0.39, 0.29) is 18.4 Å². The summed E-state index contributed by atoms with van der Waals surface area (Å²) in [6.07, 6.45) is 1.44. The van der Waals surface area contributed by atoms with Crippen molar-refractivity contribution in [3.05, 3.63) is 113 Å². The van der Waals surface area contributed by atoms with Gasteiger partial charge in [-0.3, -0.25) is 13.7 Å². The molecule has 0 heterocycles. The number of hydrogen-bond acceptors (Lipinski definition) is 3. The second-order valence-corrected chi connectivity index (χ2v) is 9.72. The van der Waals surface area contributed by atoms with E-state index in [9.17, 15) is 18.8 Å². The van der Waals surface area contributed by atoms with E-state index < -0.39 is 17.3 Å². The van der Waals surface area contributed by atoms with Crippen LogP contribution in [0.3, 0.4) is 0 Å². The molecule has 1 aliphatic rings. The molecule has 4 aromatic rings. The molecule has 0 aliphatic heterocycles. The van der Waals surface area contributed by atoms with E-state index in [1.165, 1.54) is 4.31 Å². The molecule has 180 valence electrons. The topological polar surface area (TPSA) is 93.4 Å². The molecule has 0 radical (unpaired) electrons. The molecule has 0 spiro atoms. The van der Waals surface area contributed by atoms with E-state index in [1.54, 1.807) is 12.1 Å². The smallest absolute Gasteiger partial charge is 0.262 e.